The van der Waals surface area contributed by atoms with Crippen molar-refractivity contribution in [3.05, 3.63) is 52.6 Å². The molecular formula is C20H19N5O. The number of benzene rings is 1. The first-order valence-corrected chi connectivity index (χ1v) is 8.71. The highest BCUT2D eigenvalue weighted by atomic mass is 16.1. The van der Waals surface area contributed by atoms with Crippen LogP contribution in [0.1, 0.15) is 25.5 Å². The molecule has 1 fully saturated rings. The Morgan fingerprint density at radius 2 is 2.00 bits per heavy atom. The lowest BCUT2D eigenvalue weighted by molar-refractivity contribution is 0.694. The summed E-state index contributed by atoms with van der Waals surface area (Å²) in [5, 5.41) is 22.0. The van der Waals surface area contributed by atoms with Gasteiger partial charge in [0.05, 0.1) is 11.2 Å². The molecule has 1 aliphatic carbocycles. The van der Waals surface area contributed by atoms with Crippen LogP contribution in [0.5, 0.6) is 0 Å². The van der Waals surface area contributed by atoms with Gasteiger partial charge in [-0.2, -0.15) is 5.26 Å². The molecule has 1 aromatic carbocycles. The van der Waals surface area contributed by atoms with Crippen LogP contribution < -0.4 is 10.9 Å². The smallest absolute Gasteiger partial charge is 0.250 e. The van der Waals surface area contributed by atoms with Crippen LogP contribution in [0, 0.1) is 17.2 Å². The highest BCUT2D eigenvalue weighted by molar-refractivity contribution is 5.95. The first-order chi connectivity index (χ1) is 12.6. The Hall–Kier alpha value is -3.20. The number of hydrogen-bond donors (Lipinski definition) is 1. The molecule has 1 N–H and O–H groups in total. The lowest BCUT2D eigenvalue weighted by Gasteiger charge is -2.17. The predicted molar refractivity (Wildman–Crippen MR) is 101 cm³/mol. The predicted octanol–water partition coefficient (Wildman–Crippen LogP) is 3.08. The number of nitriles is 1. The molecule has 0 amide bonds. The number of fused-ring (bicyclic) bond motifs is 1. The van der Waals surface area contributed by atoms with E-state index in [2.05, 4.69) is 28.5 Å². The minimum atomic E-state index is -0.0610. The fourth-order valence-corrected chi connectivity index (χ4v) is 3.18. The third kappa shape index (κ3) is 2.93. The summed E-state index contributed by atoms with van der Waals surface area (Å²) in [7, 11) is 1.72. The van der Waals surface area contributed by atoms with Gasteiger partial charge >= 0.3 is 0 Å². The van der Waals surface area contributed by atoms with E-state index in [-0.39, 0.29) is 5.56 Å². The Bertz CT molecular complexity index is 1090. The second-order valence-electron chi connectivity index (χ2n) is 6.90. The number of aromatic nitrogens is 3. The van der Waals surface area contributed by atoms with Gasteiger partial charge in [0.25, 0.3) is 5.56 Å². The zero-order valence-electron chi connectivity index (χ0n) is 14.7. The molecule has 0 spiro atoms. The van der Waals surface area contributed by atoms with E-state index in [0.717, 1.165) is 22.2 Å². The van der Waals surface area contributed by atoms with E-state index in [1.165, 1.54) is 17.4 Å². The molecule has 1 saturated carbocycles. The van der Waals surface area contributed by atoms with E-state index in [1.54, 1.807) is 19.3 Å². The first-order valence-electron chi connectivity index (χ1n) is 8.71. The molecule has 0 radical (unpaired) electrons. The third-order valence-corrected chi connectivity index (χ3v) is 5.01. The second-order valence-corrected chi connectivity index (χ2v) is 6.90. The van der Waals surface area contributed by atoms with Gasteiger partial charge in [0.15, 0.2) is 5.69 Å². The van der Waals surface area contributed by atoms with Crippen molar-refractivity contribution in [3.63, 3.8) is 0 Å². The fourth-order valence-electron chi connectivity index (χ4n) is 3.18. The zero-order chi connectivity index (χ0) is 18.3. The molecular weight excluding hydrogens is 326 g/mol. The average molecular weight is 345 g/mol. The Morgan fingerprint density at radius 1 is 1.23 bits per heavy atom. The molecule has 2 aromatic heterocycles. The molecule has 0 saturated heterocycles. The summed E-state index contributed by atoms with van der Waals surface area (Å²) in [6, 6.07) is 11.7. The maximum Gasteiger partial charge on any atom is 0.250 e. The summed E-state index contributed by atoms with van der Waals surface area (Å²) in [4.78, 5) is 11.9. The molecule has 26 heavy (non-hydrogen) atoms. The third-order valence-electron chi connectivity index (χ3n) is 5.01. The molecule has 1 unspecified atom stereocenters. The summed E-state index contributed by atoms with van der Waals surface area (Å²) < 4.78 is 1.53. The van der Waals surface area contributed by atoms with Crippen molar-refractivity contribution in [2.45, 2.75) is 25.8 Å². The largest absolute Gasteiger partial charge is 0.379 e. The number of hydrogen-bond acceptors (Lipinski definition) is 5. The number of rotatable bonds is 4. The maximum absolute atomic E-state index is 11.9. The fraction of sp³-hybridized carbons (Fsp3) is 0.300. The van der Waals surface area contributed by atoms with Gasteiger partial charge in [-0.05, 0) is 55.0 Å². The van der Waals surface area contributed by atoms with Crippen molar-refractivity contribution in [2.24, 2.45) is 13.0 Å². The van der Waals surface area contributed by atoms with Crippen molar-refractivity contribution in [1.82, 2.24) is 14.8 Å². The summed E-state index contributed by atoms with van der Waals surface area (Å²) in [5.74, 6) is 0.657. The first kappa shape index (κ1) is 16.3. The summed E-state index contributed by atoms with van der Waals surface area (Å²) in [6.07, 6.45) is 4.19. The number of anilines is 1. The molecule has 1 aliphatic rings. The quantitative estimate of drug-likeness (QED) is 0.785. The molecule has 4 rings (SSSR count). The Labute approximate surface area is 151 Å². The molecule has 1 atom stereocenters. The SMILES string of the molecule is CC(Nc1c(C#N)nnc2cc(-c3ccn(C)c(=O)c3)ccc12)C1CC1. The van der Waals surface area contributed by atoms with Gasteiger partial charge in [-0.3, -0.25) is 4.79 Å². The van der Waals surface area contributed by atoms with Crippen molar-refractivity contribution in [3.8, 4) is 17.2 Å². The topological polar surface area (TPSA) is 83.6 Å². The lowest BCUT2D eigenvalue weighted by Crippen LogP contribution is -2.19. The highest BCUT2D eigenvalue weighted by Crippen LogP contribution is 2.36. The summed E-state index contributed by atoms with van der Waals surface area (Å²) in [5.41, 5.74) is 3.43. The van der Waals surface area contributed by atoms with Crippen LogP contribution >= 0.6 is 0 Å². The minimum absolute atomic E-state index is 0.0610. The van der Waals surface area contributed by atoms with Gasteiger partial charge in [-0.15, -0.1) is 10.2 Å². The average Bonchev–Trinajstić information content (AvgIpc) is 3.49. The monoisotopic (exact) mass is 345 g/mol. The van der Waals surface area contributed by atoms with Gasteiger partial charge in [0.2, 0.25) is 0 Å². The number of pyridine rings is 1. The van der Waals surface area contributed by atoms with E-state index >= 15 is 0 Å². The molecule has 130 valence electrons. The van der Waals surface area contributed by atoms with E-state index in [4.69, 9.17) is 0 Å². The number of nitrogens with one attached hydrogen (secondary N) is 1. The van der Waals surface area contributed by atoms with E-state index in [9.17, 15) is 10.1 Å². The van der Waals surface area contributed by atoms with E-state index in [0.29, 0.717) is 23.2 Å². The van der Waals surface area contributed by atoms with Crippen LogP contribution in [-0.4, -0.2) is 20.8 Å². The van der Waals surface area contributed by atoms with Crippen LogP contribution in [0.3, 0.4) is 0 Å². The Balaban J connectivity index is 1.80. The Kier molecular flexibility index (Phi) is 3.92. The standard InChI is InChI=1S/C20H19N5O/c1-12(13-3-4-13)22-20-16-6-5-14(9-17(16)23-24-18(20)11-21)15-7-8-25(2)19(26)10-15/h5-10,12-13H,3-4H2,1-2H3,(H,22,23). The minimum Gasteiger partial charge on any atom is -0.379 e. The molecule has 3 aromatic rings. The van der Waals surface area contributed by atoms with Crippen LogP contribution in [0.4, 0.5) is 5.69 Å². The molecule has 6 heteroatoms. The summed E-state index contributed by atoms with van der Waals surface area (Å²) >= 11 is 0. The van der Waals surface area contributed by atoms with E-state index in [1.807, 2.05) is 24.3 Å². The van der Waals surface area contributed by atoms with Crippen LogP contribution in [-0.2, 0) is 7.05 Å². The van der Waals surface area contributed by atoms with Crippen molar-refractivity contribution < 1.29 is 0 Å². The number of nitrogens with zero attached hydrogens (tertiary/aromatic N) is 4. The maximum atomic E-state index is 11.9. The molecule has 6 nitrogen and oxygen atoms in total. The number of aryl methyl sites for hydroxylation is 1. The van der Waals surface area contributed by atoms with Crippen LogP contribution in [0.25, 0.3) is 22.0 Å². The van der Waals surface area contributed by atoms with Gasteiger partial charge in [0, 0.05) is 30.7 Å². The van der Waals surface area contributed by atoms with Crippen molar-refractivity contribution in [2.75, 3.05) is 5.32 Å². The van der Waals surface area contributed by atoms with Gasteiger partial charge in [-0.25, -0.2) is 0 Å². The van der Waals surface area contributed by atoms with Gasteiger partial charge < -0.3 is 9.88 Å². The molecule has 0 bridgehead atoms. The summed E-state index contributed by atoms with van der Waals surface area (Å²) in [6.45, 7) is 2.14. The van der Waals surface area contributed by atoms with Gasteiger partial charge in [-0.1, -0.05) is 6.07 Å². The highest BCUT2D eigenvalue weighted by Gasteiger charge is 2.29. The van der Waals surface area contributed by atoms with Crippen LogP contribution in [0.2, 0.25) is 0 Å². The second kappa shape index (κ2) is 6.26. The molecule has 2 heterocycles. The van der Waals surface area contributed by atoms with Crippen molar-refractivity contribution in [1.29, 1.82) is 5.26 Å². The van der Waals surface area contributed by atoms with E-state index < -0.39 is 0 Å². The Morgan fingerprint density at radius 3 is 2.69 bits per heavy atom. The zero-order valence-corrected chi connectivity index (χ0v) is 14.7. The lowest BCUT2D eigenvalue weighted by atomic mass is 10.0. The normalized spacial score (nSPS) is 14.8. The van der Waals surface area contributed by atoms with Crippen molar-refractivity contribution >= 4 is 16.6 Å². The van der Waals surface area contributed by atoms with Crippen LogP contribution in [0.15, 0.2) is 41.3 Å². The molecule has 0 aliphatic heterocycles. The van der Waals surface area contributed by atoms with Gasteiger partial charge in [0.1, 0.15) is 6.07 Å².